The predicted molar refractivity (Wildman–Crippen MR) is 96.0 cm³/mol. The molecule has 7 heteroatoms. The molecule has 1 atom stereocenters. The molecule has 1 N–H and O–H groups in total. The largest absolute Gasteiger partial charge is 0.351 e. The normalized spacial score (nSPS) is 12.3. The SMILES string of the molecule is CC(Sc1ncnc2ccsc12)C(=O)NCc1ccccc1Cl. The molecule has 0 aliphatic heterocycles. The van der Waals surface area contributed by atoms with Gasteiger partial charge in [0.2, 0.25) is 5.91 Å². The number of halogens is 1. The van der Waals surface area contributed by atoms with Crippen molar-refractivity contribution < 1.29 is 4.79 Å². The molecule has 0 fully saturated rings. The van der Waals surface area contributed by atoms with Crippen LogP contribution < -0.4 is 5.32 Å². The molecule has 1 unspecified atom stereocenters. The molecule has 1 aromatic carbocycles. The Bertz CT molecular complexity index is 837. The van der Waals surface area contributed by atoms with Crippen LogP contribution in [0.1, 0.15) is 12.5 Å². The minimum atomic E-state index is -0.252. The number of amides is 1. The van der Waals surface area contributed by atoms with Crippen LogP contribution in [0.25, 0.3) is 10.2 Å². The fourth-order valence-corrected chi connectivity index (χ4v) is 4.10. The number of benzene rings is 1. The fraction of sp³-hybridized carbons (Fsp3) is 0.188. The van der Waals surface area contributed by atoms with Crippen LogP contribution in [-0.2, 0) is 11.3 Å². The Morgan fingerprint density at radius 2 is 2.17 bits per heavy atom. The van der Waals surface area contributed by atoms with Gasteiger partial charge in [0.15, 0.2) is 0 Å². The molecule has 0 aliphatic rings. The van der Waals surface area contributed by atoms with Crippen LogP contribution >= 0.6 is 34.7 Å². The zero-order valence-electron chi connectivity index (χ0n) is 12.3. The Morgan fingerprint density at radius 3 is 3.00 bits per heavy atom. The summed E-state index contributed by atoms with van der Waals surface area (Å²) in [6.45, 7) is 2.29. The van der Waals surface area contributed by atoms with E-state index in [4.69, 9.17) is 11.6 Å². The van der Waals surface area contributed by atoms with E-state index in [-0.39, 0.29) is 11.2 Å². The third-order valence-electron chi connectivity index (χ3n) is 3.28. The summed E-state index contributed by atoms with van der Waals surface area (Å²) in [5, 5.41) is 6.14. The second-order valence-corrected chi connectivity index (χ2v) is 7.54. The maximum absolute atomic E-state index is 12.3. The number of fused-ring (bicyclic) bond motifs is 1. The van der Waals surface area contributed by atoms with E-state index in [9.17, 15) is 4.79 Å². The van der Waals surface area contributed by atoms with Gasteiger partial charge in [-0.25, -0.2) is 9.97 Å². The standard InChI is InChI=1S/C16H14ClN3OS2/c1-10(15(21)18-8-11-4-2-3-5-12(11)17)23-16-14-13(6-7-22-14)19-9-20-16/h2-7,9-10H,8H2,1H3,(H,18,21). The monoisotopic (exact) mass is 363 g/mol. The summed E-state index contributed by atoms with van der Waals surface area (Å²) >= 11 is 9.12. The smallest absolute Gasteiger partial charge is 0.233 e. The zero-order valence-corrected chi connectivity index (χ0v) is 14.7. The maximum atomic E-state index is 12.3. The van der Waals surface area contributed by atoms with Crippen LogP contribution in [0.5, 0.6) is 0 Å². The fourth-order valence-electron chi connectivity index (χ4n) is 2.04. The predicted octanol–water partition coefficient (Wildman–Crippen LogP) is 4.14. The summed E-state index contributed by atoms with van der Waals surface area (Å²) in [6.07, 6.45) is 1.53. The third kappa shape index (κ3) is 3.83. The van der Waals surface area contributed by atoms with E-state index >= 15 is 0 Å². The highest BCUT2D eigenvalue weighted by Crippen LogP contribution is 2.31. The Balaban J connectivity index is 1.64. The van der Waals surface area contributed by atoms with Gasteiger partial charge in [0.25, 0.3) is 0 Å². The molecule has 1 amide bonds. The van der Waals surface area contributed by atoms with Crippen LogP contribution in [0.3, 0.4) is 0 Å². The minimum Gasteiger partial charge on any atom is -0.351 e. The van der Waals surface area contributed by atoms with E-state index in [2.05, 4.69) is 15.3 Å². The molecule has 118 valence electrons. The number of carbonyl (C=O) groups excluding carboxylic acids is 1. The molecule has 4 nitrogen and oxygen atoms in total. The maximum Gasteiger partial charge on any atom is 0.233 e. The molecule has 3 rings (SSSR count). The Labute approximate surface area is 147 Å². The van der Waals surface area contributed by atoms with Gasteiger partial charge in [0.1, 0.15) is 11.4 Å². The number of hydrogen-bond donors (Lipinski definition) is 1. The van der Waals surface area contributed by atoms with Crippen molar-refractivity contribution in [2.24, 2.45) is 0 Å². The van der Waals surface area contributed by atoms with Gasteiger partial charge < -0.3 is 5.32 Å². The summed E-state index contributed by atoms with van der Waals surface area (Å²) < 4.78 is 1.02. The number of aromatic nitrogens is 2. The molecule has 0 saturated heterocycles. The van der Waals surface area contributed by atoms with Crippen LogP contribution in [0, 0.1) is 0 Å². The molecule has 3 aromatic rings. The van der Waals surface area contributed by atoms with Gasteiger partial charge in [-0.05, 0) is 30.0 Å². The quantitative estimate of drug-likeness (QED) is 0.546. The van der Waals surface area contributed by atoms with Gasteiger partial charge in [-0.3, -0.25) is 4.79 Å². The average Bonchev–Trinajstić information content (AvgIpc) is 3.03. The topological polar surface area (TPSA) is 54.9 Å². The molecule has 0 aliphatic carbocycles. The van der Waals surface area contributed by atoms with E-state index in [1.54, 1.807) is 11.3 Å². The average molecular weight is 364 g/mol. The Hall–Kier alpha value is -1.63. The molecule has 0 radical (unpaired) electrons. The number of carbonyl (C=O) groups is 1. The number of thiophene rings is 1. The van der Waals surface area contributed by atoms with Crippen LogP contribution in [0.4, 0.5) is 0 Å². The van der Waals surface area contributed by atoms with E-state index in [1.807, 2.05) is 42.6 Å². The number of nitrogens with one attached hydrogen (secondary N) is 1. The van der Waals surface area contributed by atoms with Crippen molar-refractivity contribution in [2.75, 3.05) is 0 Å². The first-order valence-corrected chi connectivity index (χ1v) is 9.15. The van der Waals surface area contributed by atoms with Gasteiger partial charge in [0, 0.05) is 11.6 Å². The van der Waals surface area contributed by atoms with Crippen LogP contribution in [0.15, 0.2) is 47.1 Å². The van der Waals surface area contributed by atoms with Crippen LogP contribution in [-0.4, -0.2) is 21.1 Å². The second-order valence-electron chi connectivity index (χ2n) is 4.88. The van der Waals surface area contributed by atoms with E-state index < -0.39 is 0 Å². The summed E-state index contributed by atoms with van der Waals surface area (Å²) in [5.41, 5.74) is 1.82. The third-order valence-corrected chi connectivity index (χ3v) is 5.79. The number of rotatable bonds is 5. The van der Waals surface area contributed by atoms with Gasteiger partial charge in [0.05, 0.1) is 15.5 Å². The number of thioether (sulfide) groups is 1. The molecular formula is C16H14ClN3OS2. The van der Waals surface area contributed by atoms with Crippen molar-refractivity contribution in [3.8, 4) is 0 Å². The van der Waals surface area contributed by atoms with Crippen LogP contribution in [0.2, 0.25) is 5.02 Å². The lowest BCUT2D eigenvalue weighted by Crippen LogP contribution is -2.30. The van der Waals surface area contributed by atoms with Gasteiger partial charge in [-0.1, -0.05) is 41.6 Å². The van der Waals surface area contributed by atoms with Crippen molar-refractivity contribution in [1.29, 1.82) is 0 Å². The number of nitrogens with zero attached hydrogens (tertiary/aromatic N) is 2. The zero-order chi connectivity index (χ0) is 16.2. The lowest BCUT2D eigenvalue weighted by Gasteiger charge is -2.12. The molecule has 2 heterocycles. The van der Waals surface area contributed by atoms with Gasteiger partial charge in [-0.2, -0.15) is 0 Å². The first-order chi connectivity index (χ1) is 11.1. The van der Waals surface area contributed by atoms with Gasteiger partial charge in [-0.15, -0.1) is 11.3 Å². The summed E-state index contributed by atoms with van der Waals surface area (Å²) in [4.78, 5) is 20.8. The Morgan fingerprint density at radius 1 is 1.35 bits per heavy atom. The first kappa shape index (κ1) is 16.2. The van der Waals surface area contributed by atoms with E-state index in [1.165, 1.54) is 18.1 Å². The van der Waals surface area contributed by atoms with Crippen molar-refractivity contribution in [2.45, 2.75) is 23.7 Å². The highest BCUT2D eigenvalue weighted by Gasteiger charge is 2.17. The summed E-state index contributed by atoms with van der Waals surface area (Å²) in [7, 11) is 0. The highest BCUT2D eigenvalue weighted by atomic mass is 35.5. The lowest BCUT2D eigenvalue weighted by atomic mass is 10.2. The molecular weight excluding hydrogens is 350 g/mol. The van der Waals surface area contributed by atoms with E-state index in [0.29, 0.717) is 11.6 Å². The van der Waals surface area contributed by atoms with Crippen molar-refractivity contribution >= 4 is 50.8 Å². The minimum absolute atomic E-state index is 0.0433. The first-order valence-electron chi connectivity index (χ1n) is 7.01. The number of hydrogen-bond acceptors (Lipinski definition) is 5. The highest BCUT2D eigenvalue weighted by molar-refractivity contribution is 8.00. The van der Waals surface area contributed by atoms with E-state index in [0.717, 1.165) is 20.8 Å². The van der Waals surface area contributed by atoms with Crippen molar-refractivity contribution in [3.05, 3.63) is 52.6 Å². The summed E-state index contributed by atoms with van der Waals surface area (Å²) in [5.74, 6) is -0.0433. The van der Waals surface area contributed by atoms with Gasteiger partial charge >= 0.3 is 0 Å². The molecule has 0 bridgehead atoms. The van der Waals surface area contributed by atoms with Crippen molar-refractivity contribution in [1.82, 2.24) is 15.3 Å². The molecule has 0 spiro atoms. The lowest BCUT2D eigenvalue weighted by molar-refractivity contribution is -0.120. The Kier molecular flexibility index (Phi) is 5.15. The molecule has 23 heavy (non-hydrogen) atoms. The summed E-state index contributed by atoms with van der Waals surface area (Å²) in [6, 6.07) is 9.44. The molecule has 0 saturated carbocycles. The second kappa shape index (κ2) is 7.29. The van der Waals surface area contributed by atoms with Crippen molar-refractivity contribution in [3.63, 3.8) is 0 Å². The molecule has 2 aromatic heterocycles.